The van der Waals surface area contributed by atoms with Gasteiger partial charge in [0.15, 0.2) is 0 Å². The Kier molecular flexibility index (Phi) is 2.94. The molecule has 0 radical (unpaired) electrons. The summed E-state index contributed by atoms with van der Waals surface area (Å²) in [6.07, 6.45) is 2.65. The van der Waals surface area contributed by atoms with E-state index >= 15 is 0 Å². The molecule has 0 unspecified atom stereocenters. The first-order chi connectivity index (χ1) is 10.7. The molecule has 0 aliphatic carbocycles. The highest BCUT2D eigenvalue weighted by molar-refractivity contribution is 5.69. The number of aromatic nitrogens is 2. The molecule has 2 aromatic rings. The maximum atomic E-state index is 11.1. The number of aliphatic hydroxyl groups excluding tert-OH is 1. The molecule has 1 amide bonds. The van der Waals surface area contributed by atoms with E-state index < -0.39 is 12.2 Å². The van der Waals surface area contributed by atoms with E-state index in [2.05, 4.69) is 21.7 Å². The molecule has 1 aromatic carbocycles. The van der Waals surface area contributed by atoms with E-state index in [0.717, 1.165) is 11.3 Å². The van der Waals surface area contributed by atoms with Gasteiger partial charge in [-0.05, 0) is 12.0 Å². The van der Waals surface area contributed by atoms with Gasteiger partial charge in [-0.15, -0.1) is 0 Å². The van der Waals surface area contributed by atoms with Gasteiger partial charge in [-0.25, -0.2) is 9.78 Å². The minimum atomic E-state index is -0.965. The van der Waals surface area contributed by atoms with Gasteiger partial charge in [0.05, 0.1) is 36.9 Å². The molecule has 0 spiro atoms. The molecule has 0 bridgehead atoms. The molecule has 114 valence electrons. The maximum absolute atomic E-state index is 11.1. The molecule has 2 aliphatic rings. The largest absolute Gasteiger partial charge is 0.465 e. The van der Waals surface area contributed by atoms with Crippen molar-refractivity contribution in [3.63, 3.8) is 0 Å². The van der Waals surface area contributed by atoms with Crippen LogP contribution in [-0.4, -0.2) is 50.0 Å². The molecular weight excluding hydrogens is 282 g/mol. The van der Waals surface area contributed by atoms with Gasteiger partial charge in [0, 0.05) is 18.0 Å². The zero-order valence-corrected chi connectivity index (χ0v) is 12.0. The summed E-state index contributed by atoms with van der Waals surface area (Å²) in [7, 11) is 0. The molecule has 3 heterocycles. The van der Waals surface area contributed by atoms with Crippen molar-refractivity contribution >= 4 is 6.09 Å². The number of piperidine rings is 1. The Bertz CT molecular complexity index is 727. The monoisotopic (exact) mass is 299 g/mol. The van der Waals surface area contributed by atoms with Gasteiger partial charge in [-0.2, -0.15) is 0 Å². The number of hydrogen-bond donors (Lipinski definition) is 2. The van der Waals surface area contributed by atoms with E-state index in [9.17, 15) is 9.90 Å². The standard InChI is InChI=1S/C16H17N3O3/c20-14-8-18(16(21)22)6-5-12(14)15-11-4-2-1-3-10(11)13-7-17-9-19(13)15/h1-4,7,9,12,14-15,20H,5-6,8H2,(H,21,22)/t12-,14-,15-/m1/s1. The van der Waals surface area contributed by atoms with Crippen LogP contribution in [0.5, 0.6) is 0 Å². The van der Waals surface area contributed by atoms with Crippen molar-refractivity contribution in [2.24, 2.45) is 5.92 Å². The molecule has 2 N–H and O–H groups in total. The topological polar surface area (TPSA) is 78.6 Å². The number of carboxylic acid groups (broad SMARTS) is 1. The number of benzene rings is 1. The summed E-state index contributed by atoms with van der Waals surface area (Å²) >= 11 is 0. The van der Waals surface area contributed by atoms with Crippen LogP contribution < -0.4 is 0 Å². The lowest BCUT2D eigenvalue weighted by molar-refractivity contribution is 0.0111. The molecule has 6 nitrogen and oxygen atoms in total. The van der Waals surface area contributed by atoms with E-state index in [1.807, 2.05) is 18.3 Å². The van der Waals surface area contributed by atoms with E-state index in [1.54, 1.807) is 6.33 Å². The first-order valence-electron chi connectivity index (χ1n) is 7.44. The third-order valence-electron chi connectivity index (χ3n) is 4.83. The number of hydrogen-bond acceptors (Lipinski definition) is 3. The normalized spacial score (nSPS) is 26.6. The van der Waals surface area contributed by atoms with Gasteiger partial charge in [0.25, 0.3) is 0 Å². The average molecular weight is 299 g/mol. The van der Waals surface area contributed by atoms with Gasteiger partial charge in [-0.1, -0.05) is 24.3 Å². The molecule has 4 rings (SSSR count). The number of rotatable bonds is 1. The molecule has 3 atom stereocenters. The van der Waals surface area contributed by atoms with E-state index in [-0.39, 0.29) is 18.5 Å². The highest BCUT2D eigenvalue weighted by Gasteiger charge is 2.40. The lowest BCUT2D eigenvalue weighted by Gasteiger charge is -2.38. The van der Waals surface area contributed by atoms with Crippen molar-refractivity contribution < 1.29 is 15.0 Å². The number of fused-ring (bicyclic) bond motifs is 3. The zero-order valence-electron chi connectivity index (χ0n) is 12.0. The van der Waals surface area contributed by atoms with Crippen LogP contribution in [0.4, 0.5) is 4.79 Å². The van der Waals surface area contributed by atoms with Crippen LogP contribution in [0.3, 0.4) is 0 Å². The number of likely N-dealkylation sites (tertiary alicyclic amines) is 1. The quantitative estimate of drug-likeness (QED) is 0.842. The van der Waals surface area contributed by atoms with Crippen molar-refractivity contribution in [2.45, 2.75) is 18.6 Å². The molecule has 6 heteroatoms. The molecule has 22 heavy (non-hydrogen) atoms. The van der Waals surface area contributed by atoms with Crippen LogP contribution in [0.15, 0.2) is 36.8 Å². The van der Waals surface area contributed by atoms with E-state index in [1.165, 1.54) is 10.5 Å². The number of imidazole rings is 1. The fourth-order valence-electron chi connectivity index (χ4n) is 3.80. The van der Waals surface area contributed by atoms with Gasteiger partial charge in [0.2, 0.25) is 0 Å². The zero-order chi connectivity index (χ0) is 15.3. The Labute approximate surface area is 127 Å². The fourth-order valence-corrected chi connectivity index (χ4v) is 3.80. The summed E-state index contributed by atoms with van der Waals surface area (Å²) in [6, 6.07) is 8.19. The van der Waals surface area contributed by atoms with Crippen LogP contribution in [0.1, 0.15) is 18.0 Å². The third-order valence-corrected chi connectivity index (χ3v) is 4.83. The molecule has 1 aromatic heterocycles. The summed E-state index contributed by atoms with van der Waals surface area (Å²) in [4.78, 5) is 16.6. The predicted octanol–water partition coefficient (Wildman–Crippen LogP) is 1.81. The second-order valence-corrected chi connectivity index (χ2v) is 5.97. The number of nitrogens with zero attached hydrogens (tertiary/aromatic N) is 3. The maximum Gasteiger partial charge on any atom is 0.407 e. The summed E-state index contributed by atoms with van der Waals surface area (Å²) in [5, 5.41) is 19.6. The Morgan fingerprint density at radius 3 is 2.91 bits per heavy atom. The van der Waals surface area contributed by atoms with Crippen LogP contribution >= 0.6 is 0 Å². The van der Waals surface area contributed by atoms with Gasteiger partial charge >= 0.3 is 6.09 Å². The van der Waals surface area contributed by atoms with Crippen molar-refractivity contribution in [2.75, 3.05) is 13.1 Å². The molecule has 1 fully saturated rings. The van der Waals surface area contributed by atoms with E-state index in [0.29, 0.717) is 13.0 Å². The summed E-state index contributed by atoms with van der Waals surface area (Å²) in [5.41, 5.74) is 3.40. The van der Waals surface area contributed by atoms with Crippen molar-refractivity contribution in [3.05, 3.63) is 42.4 Å². The van der Waals surface area contributed by atoms with Crippen LogP contribution in [0.25, 0.3) is 11.3 Å². The van der Waals surface area contributed by atoms with Crippen molar-refractivity contribution in [1.29, 1.82) is 0 Å². The molecular formula is C16H17N3O3. The highest BCUT2D eigenvalue weighted by Crippen LogP contribution is 2.45. The molecule has 1 saturated heterocycles. The van der Waals surface area contributed by atoms with Crippen LogP contribution in [0, 0.1) is 5.92 Å². The molecule has 0 saturated carbocycles. The lowest BCUT2D eigenvalue weighted by atomic mass is 9.83. The first kappa shape index (κ1) is 13.3. The van der Waals surface area contributed by atoms with E-state index in [4.69, 9.17) is 5.11 Å². The Hall–Kier alpha value is -2.34. The smallest absolute Gasteiger partial charge is 0.407 e. The van der Waals surface area contributed by atoms with Gasteiger partial charge in [-0.3, -0.25) is 0 Å². The molecule has 2 aliphatic heterocycles. The SMILES string of the molecule is O=C(O)N1CC[C@@H]([C@H]2c3ccccc3-c3cncn32)[C@H](O)C1. The predicted molar refractivity (Wildman–Crippen MR) is 79.5 cm³/mol. The number of aliphatic hydroxyl groups is 1. The van der Waals surface area contributed by atoms with Crippen molar-refractivity contribution in [1.82, 2.24) is 14.5 Å². The second kappa shape index (κ2) is 4.84. The Morgan fingerprint density at radius 1 is 1.32 bits per heavy atom. The van der Waals surface area contributed by atoms with Gasteiger partial charge in [0.1, 0.15) is 0 Å². The average Bonchev–Trinajstić information content (AvgIpc) is 3.08. The highest BCUT2D eigenvalue weighted by atomic mass is 16.4. The third kappa shape index (κ3) is 1.84. The number of amides is 1. The number of β-amino-alcohol motifs (C(OH)–C–C–N with tert-alkyl or cyclic N) is 1. The van der Waals surface area contributed by atoms with Crippen LogP contribution in [-0.2, 0) is 0 Å². The number of carbonyl (C=O) groups is 1. The summed E-state index contributed by atoms with van der Waals surface area (Å²) in [5.74, 6) is -0.00722. The summed E-state index contributed by atoms with van der Waals surface area (Å²) in [6.45, 7) is 0.627. The summed E-state index contributed by atoms with van der Waals surface area (Å²) < 4.78 is 2.11. The second-order valence-electron chi connectivity index (χ2n) is 5.97. The Morgan fingerprint density at radius 2 is 2.14 bits per heavy atom. The van der Waals surface area contributed by atoms with Crippen LogP contribution in [0.2, 0.25) is 0 Å². The lowest BCUT2D eigenvalue weighted by Crippen LogP contribution is -2.48. The fraction of sp³-hybridized carbons (Fsp3) is 0.375. The van der Waals surface area contributed by atoms with Gasteiger partial charge < -0.3 is 19.7 Å². The minimum Gasteiger partial charge on any atom is -0.465 e. The Balaban J connectivity index is 1.70. The van der Waals surface area contributed by atoms with Crippen molar-refractivity contribution in [3.8, 4) is 11.3 Å². The minimum absolute atomic E-state index is 0.00722. The first-order valence-corrected chi connectivity index (χ1v) is 7.44.